The molecule has 1 aromatic heterocycles. The van der Waals surface area contributed by atoms with Crippen molar-refractivity contribution in [2.24, 2.45) is 0 Å². The molecule has 0 radical (unpaired) electrons. The van der Waals surface area contributed by atoms with Gasteiger partial charge in [-0.15, -0.1) is 0 Å². The summed E-state index contributed by atoms with van der Waals surface area (Å²) in [6.45, 7) is 2.78. The Balaban J connectivity index is 2.56. The zero-order valence-electron chi connectivity index (χ0n) is 10.4. The lowest BCUT2D eigenvalue weighted by molar-refractivity contribution is -0.384. The van der Waals surface area contributed by atoms with E-state index in [-0.39, 0.29) is 29.8 Å². The van der Waals surface area contributed by atoms with Crippen LogP contribution in [0.5, 0.6) is 0 Å². The molecule has 0 saturated heterocycles. The summed E-state index contributed by atoms with van der Waals surface area (Å²) < 4.78 is 0. The molecular formula is C10H14ClN5O3. The van der Waals surface area contributed by atoms with Gasteiger partial charge < -0.3 is 10.6 Å². The van der Waals surface area contributed by atoms with Crippen LogP contribution < -0.4 is 10.6 Å². The van der Waals surface area contributed by atoms with E-state index in [1.54, 1.807) is 0 Å². The average Bonchev–Trinajstić information content (AvgIpc) is 2.36. The third kappa shape index (κ3) is 4.66. The SMILES string of the molecule is CCCNC(=O)CCNc1ncnc(Cl)c1[N+](=O)[O-]. The van der Waals surface area contributed by atoms with Crippen molar-refractivity contribution in [3.63, 3.8) is 0 Å². The van der Waals surface area contributed by atoms with Crippen LogP contribution in [-0.2, 0) is 4.79 Å². The number of nitro groups is 1. The number of anilines is 1. The monoisotopic (exact) mass is 287 g/mol. The Kier molecular flexibility index (Phi) is 5.94. The van der Waals surface area contributed by atoms with Crippen molar-refractivity contribution in [3.8, 4) is 0 Å². The second kappa shape index (κ2) is 7.47. The lowest BCUT2D eigenvalue weighted by atomic mass is 10.3. The summed E-state index contributed by atoms with van der Waals surface area (Å²) in [4.78, 5) is 28.7. The van der Waals surface area contributed by atoms with E-state index in [0.717, 1.165) is 12.7 Å². The van der Waals surface area contributed by atoms with Crippen molar-refractivity contribution in [2.75, 3.05) is 18.4 Å². The smallest absolute Gasteiger partial charge is 0.348 e. The number of aromatic nitrogens is 2. The number of hydrogen-bond donors (Lipinski definition) is 2. The minimum Gasteiger partial charge on any atom is -0.364 e. The summed E-state index contributed by atoms with van der Waals surface area (Å²) in [6, 6.07) is 0. The van der Waals surface area contributed by atoms with Gasteiger partial charge in [0.25, 0.3) is 0 Å². The lowest BCUT2D eigenvalue weighted by Gasteiger charge is -2.06. The molecule has 19 heavy (non-hydrogen) atoms. The van der Waals surface area contributed by atoms with Crippen molar-refractivity contribution >= 4 is 29.0 Å². The van der Waals surface area contributed by atoms with Crippen LogP contribution in [-0.4, -0.2) is 33.9 Å². The number of nitrogens with zero attached hydrogens (tertiary/aromatic N) is 3. The van der Waals surface area contributed by atoms with Crippen molar-refractivity contribution in [3.05, 3.63) is 21.6 Å². The minimum absolute atomic E-state index is 0.00768. The number of carbonyl (C=O) groups is 1. The van der Waals surface area contributed by atoms with Gasteiger partial charge in [0.2, 0.25) is 16.9 Å². The molecule has 2 N–H and O–H groups in total. The van der Waals surface area contributed by atoms with Gasteiger partial charge in [-0.1, -0.05) is 18.5 Å². The zero-order chi connectivity index (χ0) is 14.3. The first-order chi connectivity index (χ1) is 9.06. The number of halogens is 1. The van der Waals surface area contributed by atoms with Crippen LogP contribution in [0.3, 0.4) is 0 Å². The summed E-state index contributed by atoms with van der Waals surface area (Å²) in [6.07, 6.45) is 2.17. The molecule has 0 fully saturated rings. The van der Waals surface area contributed by atoms with Crippen LogP contribution in [0.4, 0.5) is 11.5 Å². The van der Waals surface area contributed by atoms with Crippen LogP contribution in [0.1, 0.15) is 19.8 Å². The average molecular weight is 288 g/mol. The molecule has 0 atom stereocenters. The Hall–Kier alpha value is -1.96. The number of carbonyl (C=O) groups excluding carboxylic acids is 1. The highest BCUT2D eigenvalue weighted by molar-refractivity contribution is 6.31. The fourth-order valence-corrected chi connectivity index (χ4v) is 1.50. The van der Waals surface area contributed by atoms with Crippen LogP contribution >= 0.6 is 11.6 Å². The highest BCUT2D eigenvalue weighted by Crippen LogP contribution is 2.27. The molecule has 0 bridgehead atoms. The van der Waals surface area contributed by atoms with E-state index in [2.05, 4.69) is 20.6 Å². The second-order valence-electron chi connectivity index (χ2n) is 3.65. The quantitative estimate of drug-likeness (QED) is 0.445. The summed E-state index contributed by atoms with van der Waals surface area (Å²) in [5.41, 5.74) is -0.391. The van der Waals surface area contributed by atoms with E-state index in [0.29, 0.717) is 6.54 Å². The molecule has 0 aliphatic rings. The number of amides is 1. The molecule has 8 nitrogen and oxygen atoms in total. The summed E-state index contributed by atoms with van der Waals surface area (Å²) in [7, 11) is 0. The van der Waals surface area contributed by atoms with Crippen LogP contribution in [0.25, 0.3) is 0 Å². The Morgan fingerprint density at radius 3 is 2.84 bits per heavy atom. The predicted octanol–water partition coefficient (Wildman–Crippen LogP) is 1.37. The van der Waals surface area contributed by atoms with Crippen molar-refractivity contribution in [2.45, 2.75) is 19.8 Å². The normalized spacial score (nSPS) is 10.0. The maximum Gasteiger partial charge on any atom is 0.348 e. The Bertz CT molecular complexity index is 468. The molecule has 0 aliphatic carbocycles. The molecule has 0 unspecified atom stereocenters. The molecule has 1 amide bonds. The largest absolute Gasteiger partial charge is 0.364 e. The standard InChI is InChI=1S/C10H14ClN5O3/c1-2-4-12-7(17)3-5-13-10-8(16(18)19)9(11)14-6-15-10/h6H,2-5H2,1H3,(H,12,17)(H,13,14,15). The lowest BCUT2D eigenvalue weighted by Crippen LogP contribution is -2.26. The topological polar surface area (TPSA) is 110 Å². The first kappa shape index (κ1) is 15.1. The van der Waals surface area contributed by atoms with Crippen LogP contribution in [0.2, 0.25) is 5.15 Å². The van der Waals surface area contributed by atoms with Gasteiger partial charge in [-0.05, 0) is 6.42 Å². The van der Waals surface area contributed by atoms with E-state index in [1.807, 2.05) is 6.92 Å². The van der Waals surface area contributed by atoms with Gasteiger partial charge in [-0.25, -0.2) is 9.97 Å². The molecule has 1 rings (SSSR count). The minimum atomic E-state index is -0.665. The molecule has 0 saturated carbocycles. The van der Waals surface area contributed by atoms with Crippen molar-refractivity contribution < 1.29 is 9.72 Å². The highest BCUT2D eigenvalue weighted by atomic mass is 35.5. The number of hydrogen-bond acceptors (Lipinski definition) is 6. The molecule has 104 valence electrons. The third-order valence-corrected chi connectivity index (χ3v) is 2.45. The van der Waals surface area contributed by atoms with E-state index in [9.17, 15) is 14.9 Å². The van der Waals surface area contributed by atoms with E-state index in [1.165, 1.54) is 0 Å². The third-order valence-electron chi connectivity index (χ3n) is 2.18. The molecule has 0 aromatic carbocycles. The van der Waals surface area contributed by atoms with E-state index >= 15 is 0 Å². The predicted molar refractivity (Wildman–Crippen MR) is 70.1 cm³/mol. The first-order valence-electron chi connectivity index (χ1n) is 5.71. The van der Waals surface area contributed by atoms with Gasteiger partial charge in [0.1, 0.15) is 6.33 Å². The maximum absolute atomic E-state index is 11.3. The molecule has 1 heterocycles. The van der Waals surface area contributed by atoms with Crippen LogP contribution in [0.15, 0.2) is 6.33 Å². The fourth-order valence-electron chi connectivity index (χ4n) is 1.30. The van der Waals surface area contributed by atoms with Crippen molar-refractivity contribution in [1.29, 1.82) is 0 Å². The van der Waals surface area contributed by atoms with Gasteiger partial charge in [0.05, 0.1) is 4.92 Å². The molecule has 0 spiro atoms. The van der Waals surface area contributed by atoms with Gasteiger partial charge >= 0.3 is 5.69 Å². The molecular weight excluding hydrogens is 274 g/mol. The van der Waals surface area contributed by atoms with E-state index in [4.69, 9.17) is 11.6 Å². The summed E-state index contributed by atoms with van der Waals surface area (Å²) in [5.74, 6) is -0.120. The number of nitrogens with one attached hydrogen (secondary N) is 2. The highest BCUT2D eigenvalue weighted by Gasteiger charge is 2.21. The molecule has 0 aliphatic heterocycles. The van der Waals surface area contributed by atoms with E-state index < -0.39 is 10.6 Å². The Morgan fingerprint density at radius 2 is 2.21 bits per heavy atom. The second-order valence-corrected chi connectivity index (χ2v) is 4.00. The fraction of sp³-hybridized carbons (Fsp3) is 0.500. The van der Waals surface area contributed by atoms with Crippen LogP contribution in [0, 0.1) is 10.1 Å². The van der Waals surface area contributed by atoms with Gasteiger partial charge in [-0.3, -0.25) is 14.9 Å². The molecule has 1 aromatic rings. The maximum atomic E-state index is 11.3. The van der Waals surface area contributed by atoms with Crippen molar-refractivity contribution in [1.82, 2.24) is 15.3 Å². The first-order valence-corrected chi connectivity index (χ1v) is 6.09. The Labute approximate surface area is 114 Å². The summed E-state index contributed by atoms with van der Waals surface area (Å²) >= 11 is 5.62. The van der Waals surface area contributed by atoms with Gasteiger partial charge in [-0.2, -0.15) is 0 Å². The Morgan fingerprint density at radius 1 is 1.47 bits per heavy atom. The summed E-state index contributed by atoms with van der Waals surface area (Å²) in [5, 5.41) is 16.0. The van der Waals surface area contributed by atoms with Gasteiger partial charge in [0.15, 0.2) is 0 Å². The zero-order valence-corrected chi connectivity index (χ0v) is 11.1. The molecule has 9 heteroatoms. The van der Waals surface area contributed by atoms with Gasteiger partial charge in [0, 0.05) is 19.5 Å². The number of rotatable bonds is 7.